The van der Waals surface area contributed by atoms with Crippen LogP contribution in [0.3, 0.4) is 0 Å². The van der Waals surface area contributed by atoms with Crippen LogP contribution >= 0.6 is 11.8 Å². The fourth-order valence-corrected chi connectivity index (χ4v) is 4.64. The smallest absolute Gasteiger partial charge is 1.00 e. The average molecular weight is 496 g/mol. The Morgan fingerprint density at radius 2 is 1.42 bits per heavy atom. The van der Waals surface area contributed by atoms with E-state index in [1.807, 2.05) is 23.9 Å². The van der Waals surface area contributed by atoms with E-state index in [0.717, 1.165) is 6.42 Å². The molecule has 2 aliphatic rings. The van der Waals surface area contributed by atoms with Crippen molar-refractivity contribution in [2.24, 2.45) is 0 Å². The van der Waals surface area contributed by atoms with Gasteiger partial charge in [-0.1, -0.05) is 42.1 Å². The van der Waals surface area contributed by atoms with Gasteiger partial charge in [-0.3, -0.25) is 6.08 Å². The molecule has 0 saturated heterocycles. The molecular weight excluding hydrogens is 477 g/mol. The van der Waals surface area contributed by atoms with Crippen LogP contribution in [-0.4, -0.2) is 0 Å². The minimum atomic E-state index is 0. The molecule has 4 aromatic carbocycles. The van der Waals surface area contributed by atoms with Crippen molar-refractivity contribution in [3.05, 3.63) is 109 Å². The van der Waals surface area contributed by atoms with E-state index in [-0.39, 0.29) is 46.5 Å². The first-order chi connectivity index (χ1) is 13.9. The Hall–Kier alpha value is -1.81. The molecular formula is C26H19Cl2NSTi. The Balaban J connectivity index is 0.000000381. The molecule has 1 heterocycles. The molecule has 0 saturated carbocycles. The van der Waals surface area contributed by atoms with E-state index in [1.54, 1.807) is 0 Å². The third-order valence-corrected chi connectivity index (χ3v) is 6.01. The molecule has 0 aromatic heterocycles. The molecule has 152 valence electrons. The van der Waals surface area contributed by atoms with Gasteiger partial charge in [-0.05, 0) is 30.0 Å². The SMILES string of the molecule is [C-]1=CC=CC1.[Cl-].[Cl-].[Ti+4].c1ccc2c(c1)Sc1ccccc1N2c1cc2ccccc2[cH-]1. The molecule has 0 radical (unpaired) electrons. The zero-order valence-electron chi connectivity index (χ0n) is 16.6. The van der Waals surface area contributed by atoms with Crippen molar-refractivity contribution in [3.8, 4) is 0 Å². The zero-order valence-corrected chi connectivity index (χ0v) is 20.5. The Morgan fingerprint density at radius 1 is 0.806 bits per heavy atom. The largest absolute Gasteiger partial charge is 4.00 e. The number of rotatable bonds is 1. The van der Waals surface area contributed by atoms with Crippen molar-refractivity contribution in [2.75, 3.05) is 4.90 Å². The van der Waals surface area contributed by atoms with Gasteiger partial charge in [-0.2, -0.15) is 6.08 Å². The van der Waals surface area contributed by atoms with Gasteiger partial charge in [0.2, 0.25) is 0 Å². The summed E-state index contributed by atoms with van der Waals surface area (Å²) in [6.45, 7) is 0. The number of benzene rings is 3. The fraction of sp³-hybridized carbons (Fsp3) is 0.0385. The van der Waals surface area contributed by atoms with E-state index in [0.29, 0.717) is 0 Å². The van der Waals surface area contributed by atoms with Crippen molar-refractivity contribution in [1.82, 2.24) is 0 Å². The first-order valence-corrected chi connectivity index (χ1v) is 10.2. The normalized spacial score (nSPS) is 12.5. The number of para-hydroxylation sites is 2. The maximum atomic E-state index is 2.99. The van der Waals surface area contributed by atoms with Gasteiger partial charge in [-0.25, -0.2) is 12.2 Å². The summed E-state index contributed by atoms with van der Waals surface area (Å²) in [6.07, 6.45) is 10.0. The molecule has 1 nitrogen and oxygen atoms in total. The number of hydrogen-bond acceptors (Lipinski definition) is 2. The third kappa shape index (κ3) is 5.34. The number of fused-ring (bicyclic) bond motifs is 3. The van der Waals surface area contributed by atoms with Crippen molar-refractivity contribution in [2.45, 2.75) is 16.2 Å². The molecule has 1 aliphatic carbocycles. The molecule has 0 atom stereocenters. The second-order valence-corrected chi connectivity index (χ2v) is 7.80. The minimum Gasteiger partial charge on any atom is -1.00 e. The van der Waals surface area contributed by atoms with Gasteiger partial charge >= 0.3 is 21.7 Å². The molecule has 0 spiro atoms. The summed E-state index contributed by atoms with van der Waals surface area (Å²) in [6, 6.07) is 30.4. The molecule has 1 aliphatic heterocycles. The summed E-state index contributed by atoms with van der Waals surface area (Å²) in [5, 5.41) is 2.58. The van der Waals surface area contributed by atoms with Crippen LogP contribution in [0.1, 0.15) is 6.42 Å². The predicted octanol–water partition coefficient (Wildman–Crippen LogP) is 1.80. The number of allylic oxidation sites excluding steroid dienone is 4. The van der Waals surface area contributed by atoms with Crippen LogP contribution in [0.2, 0.25) is 0 Å². The Bertz CT molecular complexity index is 1110. The number of anilines is 3. The van der Waals surface area contributed by atoms with Gasteiger partial charge in [0.05, 0.1) is 11.4 Å². The van der Waals surface area contributed by atoms with Gasteiger partial charge in [0, 0.05) is 9.79 Å². The van der Waals surface area contributed by atoms with Crippen LogP contribution in [0, 0.1) is 6.08 Å². The van der Waals surface area contributed by atoms with E-state index in [9.17, 15) is 0 Å². The maximum absolute atomic E-state index is 2.99. The average Bonchev–Trinajstić information content (AvgIpc) is 3.44. The van der Waals surface area contributed by atoms with Crippen LogP contribution in [0.25, 0.3) is 10.8 Å². The Labute approximate surface area is 215 Å². The second kappa shape index (κ2) is 11.7. The van der Waals surface area contributed by atoms with Gasteiger partial charge in [0.1, 0.15) is 0 Å². The molecule has 5 heteroatoms. The molecule has 31 heavy (non-hydrogen) atoms. The second-order valence-electron chi connectivity index (χ2n) is 6.72. The van der Waals surface area contributed by atoms with Crippen LogP contribution in [0.15, 0.2) is 113 Å². The first kappa shape index (κ1) is 25.5. The first-order valence-electron chi connectivity index (χ1n) is 9.43. The molecule has 0 unspecified atom stereocenters. The molecule has 0 amide bonds. The fourth-order valence-electron chi connectivity index (χ4n) is 3.59. The van der Waals surface area contributed by atoms with Gasteiger partial charge in [-0.15, -0.1) is 47.5 Å². The van der Waals surface area contributed by atoms with Gasteiger partial charge in [0.15, 0.2) is 0 Å². The molecule has 0 bridgehead atoms. The van der Waals surface area contributed by atoms with Crippen molar-refractivity contribution >= 4 is 39.6 Å². The van der Waals surface area contributed by atoms with E-state index in [4.69, 9.17) is 0 Å². The topological polar surface area (TPSA) is 3.24 Å². The van der Waals surface area contributed by atoms with Crippen LogP contribution in [-0.2, 0) is 21.7 Å². The number of halogens is 2. The van der Waals surface area contributed by atoms with E-state index < -0.39 is 0 Å². The van der Waals surface area contributed by atoms with Crippen molar-refractivity contribution in [1.29, 1.82) is 0 Å². The van der Waals surface area contributed by atoms with Gasteiger partial charge < -0.3 is 29.7 Å². The third-order valence-electron chi connectivity index (χ3n) is 4.88. The van der Waals surface area contributed by atoms with E-state index in [1.165, 1.54) is 37.6 Å². The van der Waals surface area contributed by atoms with E-state index in [2.05, 4.69) is 102 Å². The Morgan fingerprint density at radius 3 is 1.97 bits per heavy atom. The van der Waals surface area contributed by atoms with E-state index >= 15 is 0 Å². The van der Waals surface area contributed by atoms with Crippen molar-refractivity contribution in [3.63, 3.8) is 0 Å². The van der Waals surface area contributed by atoms with Crippen LogP contribution in [0.4, 0.5) is 17.1 Å². The molecule has 6 rings (SSSR count). The van der Waals surface area contributed by atoms with Crippen LogP contribution in [0.5, 0.6) is 0 Å². The quantitative estimate of drug-likeness (QED) is 0.258. The molecule has 4 aromatic rings. The summed E-state index contributed by atoms with van der Waals surface area (Å²) in [7, 11) is 0. The maximum Gasteiger partial charge on any atom is 4.00 e. The summed E-state index contributed by atoms with van der Waals surface area (Å²) < 4.78 is 0. The minimum absolute atomic E-state index is 0. The monoisotopic (exact) mass is 495 g/mol. The number of nitrogens with zero attached hydrogens (tertiary/aromatic N) is 1. The van der Waals surface area contributed by atoms with Crippen molar-refractivity contribution < 1.29 is 46.5 Å². The molecule has 0 N–H and O–H groups in total. The zero-order chi connectivity index (χ0) is 18.8. The summed E-state index contributed by atoms with van der Waals surface area (Å²) >= 11 is 1.85. The van der Waals surface area contributed by atoms with Gasteiger partial charge in [0.25, 0.3) is 0 Å². The summed E-state index contributed by atoms with van der Waals surface area (Å²) in [4.78, 5) is 4.98. The predicted molar refractivity (Wildman–Crippen MR) is 120 cm³/mol. The van der Waals surface area contributed by atoms with Crippen LogP contribution < -0.4 is 29.7 Å². The Kier molecular flexibility index (Phi) is 9.62. The molecule has 0 fully saturated rings. The summed E-state index contributed by atoms with van der Waals surface area (Å²) in [5.41, 5.74) is 3.74. The standard InChI is InChI=1S/C21H14NS.C5H5.2ClH.Ti/c1-2-8-16-14-17(13-15(16)7-1)22-18-9-3-5-11-20(18)23-21-12-6-4-10-19(21)22;1-2-4-5-3-1;;;/h1-14H;1-3H,4H2;2*1H;/q2*-1;;;+4/p-2. The number of hydrogen-bond donors (Lipinski definition) is 0. The summed E-state index contributed by atoms with van der Waals surface area (Å²) in [5.74, 6) is 0.